The molecule has 9 nitrogen and oxygen atoms in total. The minimum atomic E-state index is -0.902. The third kappa shape index (κ3) is 4.61. The fourth-order valence-electron chi connectivity index (χ4n) is 2.69. The predicted octanol–water partition coefficient (Wildman–Crippen LogP) is 0.880. The molecule has 2 unspecified atom stereocenters. The number of carbonyl (C=O) groups excluding carboxylic acids is 2. The Morgan fingerprint density at radius 1 is 1.29 bits per heavy atom. The third-order valence-corrected chi connectivity index (χ3v) is 4.19. The molecule has 0 saturated carbocycles. The van der Waals surface area contributed by atoms with E-state index >= 15 is 0 Å². The third-order valence-electron chi connectivity index (χ3n) is 4.19. The first-order valence-electron chi connectivity index (χ1n) is 8.43. The molecule has 0 saturated heterocycles. The van der Waals surface area contributed by atoms with Crippen LogP contribution in [0.3, 0.4) is 0 Å². The normalized spacial score (nSPS) is 12.8. The molecule has 1 heterocycles. The number of amides is 2. The van der Waals surface area contributed by atoms with Gasteiger partial charge in [0, 0.05) is 12.5 Å². The van der Waals surface area contributed by atoms with Crippen LogP contribution in [0.4, 0.5) is 0 Å². The van der Waals surface area contributed by atoms with E-state index in [1.165, 1.54) is 39.2 Å². The summed E-state index contributed by atoms with van der Waals surface area (Å²) in [5.74, 6) is -2.61. The van der Waals surface area contributed by atoms with E-state index in [0.717, 1.165) is 6.07 Å². The van der Waals surface area contributed by atoms with E-state index in [0.29, 0.717) is 5.56 Å². The van der Waals surface area contributed by atoms with Crippen molar-refractivity contribution in [2.24, 2.45) is 5.73 Å². The monoisotopic (exact) mass is 390 g/mol. The van der Waals surface area contributed by atoms with Crippen LogP contribution in [0.5, 0.6) is 17.2 Å². The van der Waals surface area contributed by atoms with Crippen LogP contribution in [-0.4, -0.2) is 35.2 Å². The summed E-state index contributed by atoms with van der Waals surface area (Å²) in [5.41, 5.74) is 4.95. The Hall–Kier alpha value is -3.49. The van der Waals surface area contributed by atoms with Gasteiger partial charge in [-0.25, -0.2) is 0 Å². The molecule has 28 heavy (non-hydrogen) atoms. The number of rotatable bonds is 7. The number of primary amides is 1. The second-order valence-electron chi connectivity index (χ2n) is 6.31. The largest absolute Gasteiger partial charge is 0.504 e. The molecular weight excluding hydrogens is 368 g/mol. The summed E-state index contributed by atoms with van der Waals surface area (Å²) < 4.78 is 10.6. The van der Waals surface area contributed by atoms with Crippen molar-refractivity contribution in [1.29, 1.82) is 0 Å². The molecule has 0 bridgehead atoms. The highest BCUT2D eigenvalue weighted by Crippen LogP contribution is 2.37. The van der Waals surface area contributed by atoms with E-state index in [2.05, 4.69) is 5.32 Å². The number of hydrogen-bond donors (Lipinski definition) is 4. The highest BCUT2D eigenvalue weighted by atomic mass is 16.5. The summed E-state index contributed by atoms with van der Waals surface area (Å²) in [5, 5.41) is 22.5. The number of nitrogens with one attached hydrogen (secondary N) is 1. The molecule has 0 aliphatic heterocycles. The molecule has 0 fully saturated rings. The molecule has 2 rings (SSSR count). The number of hydrogen-bond acceptors (Lipinski definition) is 7. The summed E-state index contributed by atoms with van der Waals surface area (Å²) in [6, 6.07) is 4.56. The van der Waals surface area contributed by atoms with Gasteiger partial charge < -0.3 is 30.4 Å². The molecule has 0 aliphatic carbocycles. The van der Waals surface area contributed by atoms with Crippen LogP contribution in [0.1, 0.15) is 36.3 Å². The molecule has 0 radical (unpaired) electrons. The molecule has 9 heteroatoms. The highest BCUT2D eigenvalue weighted by Gasteiger charge is 2.27. The Kier molecular flexibility index (Phi) is 6.29. The summed E-state index contributed by atoms with van der Waals surface area (Å²) in [6.07, 6.45) is -0.258. The molecule has 1 aromatic carbocycles. The van der Waals surface area contributed by atoms with Gasteiger partial charge in [-0.3, -0.25) is 14.4 Å². The van der Waals surface area contributed by atoms with Gasteiger partial charge in [0.05, 0.1) is 13.0 Å². The SMILES string of the molecule is COc1cc(C(CC(=O)NC(C)C(N)=O)c2oc(C)cc(=O)c2O)ccc1O. The maximum absolute atomic E-state index is 12.4. The lowest BCUT2D eigenvalue weighted by atomic mass is 9.91. The van der Waals surface area contributed by atoms with E-state index in [1.54, 1.807) is 0 Å². The molecule has 0 aliphatic rings. The van der Waals surface area contributed by atoms with Crippen LogP contribution >= 0.6 is 0 Å². The molecule has 2 atom stereocenters. The van der Waals surface area contributed by atoms with Gasteiger partial charge in [0.15, 0.2) is 17.3 Å². The van der Waals surface area contributed by atoms with Crippen LogP contribution in [0, 0.1) is 6.92 Å². The van der Waals surface area contributed by atoms with E-state index in [1.807, 2.05) is 0 Å². The number of nitrogens with two attached hydrogens (primary N) is 1. The smallest absolute Gasteiger partial charge is 0.239 e. The Bertz CT molecular complexity index is 952. The van der Waals surface area contributed by atoms with Crippen LogP contribution < -0.4 is 21.2 Å². The molecule has 2 aromatic rings. The first-order chi connectivity index (χ1) is 13.1. The average Bonchev–Trinajstić information content (AvgIpc) is 2.63. The Labute approximate surface area is 160 Å². The van der Waals surface area contributed by atoms with Gasteiger partial charge in [0.25, 0.3) is 0 Å². The standard InChI is InChI=1S/C19H22N2O7/c1-9-6-14(23)17(25)18(28-9)12(8-16(24)21-10(2)19(20)26)11-4-5-13(22)15(7-11)27-3/h4-7,10,12,22,25H,8H2,1-3H3,(H2,20,26)(H,21,24). The van der Waals surface area contributed by atoms with Crippen molar-refractivity contribution in [3.8, 4) is 17.2 Å². The van der Waals surface area contributed by atoms with Gasteiger partial charge in [-0.1, -0.05) is 6.07 Å². The zero-order valence-corrected chi connectivity index (χ0v) is 15.7. The average molecular weight is 390 g/mol. The molecule has 150 valence electrons. The molecular formula is C19H22N2O7. The van der Waals surface area contributed by atoms with Gasteiger partial charge in [0.2, 0.25) is 23.0 Å². The summed E-state index contributed by atoms with van der Waals surface area (Å²) in [6.45, 7) is 2.97. The second-order valence-corrected chi connectivity index (χ2v) is 6.31. The van der Waals surface area contributed by atoms with Gasteiger partial charge in [-0.05, 0) is 31.5 Å². The molecule has 5 N–H and O–H groups in total. The topological polar surface area (TPSA) is 152 Å². The highest BCUT2D eigenvalue weighted by molar-refractivity contribution is 5.86. The number of carbonyl (C=O) groups is 2. The van der Waals surface area contributed by atoms with Gasteiger partial charge in [0.1, 0.15) is 11.8 Å². The lowest BCUT2D eigenvalue weighted by Gasteiger charge is -2.19. The van der Waals surface area contributed by atoms with Crippen molar-refractivity contribution in [1.82, 2.24) is 5.32 Å². The fourth-order valence-corrected chi connectivity index (χ4v) is 2.69. The summed E-state index contributed by atoms with van der Waals surface area (Å²) in [4.78, 5) is 35.6. The lowest BCUT2D eigenvalue weighted by Crippen LogP contribution is -2.42. The maximum atomic E-state index is 12.4. The first kappa shape index (κ1) is 20.8. The number of ether oxygens (including phenoxy) is 1. The van der Waals surface area contributed by atoms with Crippen molar-refractivity contribution >= 4 is 11.8 Å². The molecule has 0 spiro atoms. The van der Waals surface area contributed by atoms with Gasteiger partial charge in [-0.2, -0.15) is 0 Å². The van der Waals surface area contributed by atoms with Crippen LogP contribution in [0.25, 0.3) is 0 Å². The summed E-state index contributed by atoms with van der Waals surface area (Å²) >= 11 is 0. The van der Waals surface area contributed by atoms with Gasteiger partial charge in [-0.15, -0.1) is 0 Å². The second kappa shape index (κ2) is 8.47. The van der Waals surface area contributed by atoms with E-state index in [-0.39, 0.29) is 29.4 Å². The quantitative estimate of drug-likeness (QED) is 0.547. The molecule has 1 aromatic heterocycles. The van der Waals surface area contributed by atoms with Crippen LogP contribution in [0.15, 0.2) is 33.5 Å². The molecule has 2 amide bonds. The van der Waals surface area contributed by atoms with E-state index in [4.69, 9.17) is 14.9 Å². The van der Waals surface area contributed by atoms with Crippen LogP contribution in [0.2, 0.25) is 0 Å². The minimum Gasteiger partial charge on any atom is -0.504 e. The van der Waals surface area contributed by atoms with Crippen molar-refractivity contribution in [3.05, 3.63) is 51.6 Å². The van der Waals surface area contributed by atoms with Crippen molar-refractivity contribution in [2.45, 2.75) is 32.2 Å². The van der Waals surface area contributed by atoms with Crippen LogP contribution in [-0.2, 0) is 9.59 Å². The predicted molar refractivity (Wildman–Crippen MR) is 99.3 cm³/mol. The fraction of sp³-hybridized carbons (Fsp3) is 0.316. The van der Waals surface area contributed by atoms with Gasteiger partial charge >= 0.3 is 0 Å². The number of benzene rings is 1. The zero-order chi connectivity index (χ0) is 21.0. The lowest BCUT2D eigenvalue weighted by molar-refractivity contribution is -0.127. The first-order valence-corrected chi connectivity index (χ1v) is 8.43. The number of aryl methyl sites for hydroxylation is 1. The number of phenolic OH excluding ortho intramolecular Hbond substituents is 1. The van der Waals surface area contributed by atoms with E-state index < -0.39 is 35.0 Å². The Morgan fingerprint density at radius 2 is 1.96 bits per heavy atom. The number of methoxy groups -OCH3 is 1. The van der Waals surface area contributed by atoms with E-state index in [9.17, 15) is 24.6 Å². The minimum absolute atomic E-state index is 0.111. The number of phenols is 1. The van der Waals surface area contributed by atoms with Crippen molar-refractivity contribution in [2.75, 3.05) is 7.11 Å². The van der Waals surface area contributed by atoms with Crippen molar-refractivity contribution < 1.29 is 29.0 Å². The zero-order valence-electron chi connectivity index (χ0n) is 15.7. The summed E-state index contributed by atoms with van der Waals surface area (Å²) in [7, 11) is 1.36. The maximum Gasteiger partial charge on any atom is 0.239 e. The Balaban J connectivity index is 2.52. The van der Waals surface area contributed by atoms with Crippen molar-refractivity contribution in [3.63, 3.8) is 0 Å². The number of aromatic hydroxyl groups is 2. The Morgan fingerprint density at radius 3 is 2.57 bits per heavy atom.